The molecule has 1 aliphatic carbocycles. The van der Waals surface area contributed by atoms with Crippen molar-refractivity contribution in [1.29, 1.82) is 0 Å². The molecule has 1 aliphatic heterocycles. The van der Waals surface area contributed by atoms with Gasteiger partial charge in [-0.1, -0.05) is 35.9 Å². The molecule has 1 unspecified atom stereocenters. The van der Waals surface area contributed by atoms with E-state index in [9.17, 15) is 0 Å². The fourth-order valence-corrected chi connectivity index (χ4v) is 2.73. The Hall–Kier alpha value is -1.57. The summed E-state index contributed by atoms with van der Waals surface area (Å²) in [6.45, 7) is 3.15. The third-order valence-corrected chi connectivity index (χ3v) is 3.69. The van der Waals surface area contributed by atoms with E-state index in [0.717, 1.165) is 13.0 Å². The lowest BCUT2D eigenvalue weighted by Gasteiger charge is -2.27. The summed E-state index contributed by atoms with van der Waals surface area (Å²) in [5, 5.41) is 3.37. The first kappa shape index (κ1) is 10.6. The van der Waals surface area contributed by atoms with Crippen molar-refractivity contribution in [3.05, 3.63) is 41.0 Å². The zero-order valence-corrected chi connectivity index (χ0v) is 10.2. The minimum Gasteiger partial charge on any atom is -0.369 e. The molecule has 3 rings (SSSR count). The van der Waals surface area contributed by atoms with Crippen LogP contribution in [-0.2, 0) is 6.42 Å². The Balaban J connectivity index is 1.80. The topological polar surface area (TPSA) is 24.4 Å². The van der Waals surface area contributed by atoms with Crippen LogP contribution in [-0.4, -0.2) is 18.4 Å². The Morgan fingerprint density at radius 2 is 2.18 bits per heavy atom. The molecule has 1 N–H and O–H groups in total. The predicted molar refractivity (Wildman–Crippen MR) is 72.3 cm³/mol. The molecular formula is C15H18N2. The van der Waals surface area contributed by atoms with Gasteiger partial charge in [-0.25, -0.2) is 0 Å². The normalized spacial score (nSPS) is 26.3. The van der Waals surface area contributed by atoms with Crippen molar-refractivity contribution < 1.29 is 0 Å². The zero-order chi connectivity index (χ0) is 11.7. The Morgan fingerprint density at radius 1 is 1.29 bits per heavy atom. The first-order chi connectivity index (χ1) is 8.25. The zero-order valence-electron chi connectivity index (χ0n) is 10.2. The number of rotatable bonds is 2. The van der Waals surface area contributed by atoms with Gasteiger partial charge in [-0.05, 0) is 37.3 Å². The molecule has 1 atom stereocenters. The van der Waals surface area contributed by atoms with Gasteiger partial charge < -0.3 is 5.32 Å². The van der Waals surface area contributed by atoms with Crippen LogP contribution in [0.4, 0.5) is 0 Å². The van der Waals surface area contributed by atoms with Gasteiger partial charge in [0.25, 0.3) is 0 Å². The van der Waals surface area contributed by atoms with E-state index in [1.807, 2.05) is 6.34 Å². The van der Waals surface area contributed by atoms with E-state index < -0.39 is 0 Å². The molecule has 0 saturated heterocycles. The van der Waals surface area contributed by atoms with E-state index in [1.54, 1.807) is 5.57 Å². The molecular weight excluding hydrogens is 208 g/mol. The number of hydrogen-bond donors (Lipinski definition) is 1. The highest BCUT2D eigenvalue weighted by molar-refractivity contribution is 5.62. The standard InChI is InChI=1S/C15H18N2/c1-15(10-16-11-17-15)9-12-6-7-13-4-2-3-5-14(13)8-12/h2-5,8,11H,6-7,9-10H2,1H3,(H,16,17). The van der Waals surface area contributed by atoms with Crippen molar-refractivity contribution >= 4 is 12.4 Å². The lowest BCUT2D eigenvalue weighted by atomic mass is 9.85. The molecule has 17 heavy (non-hydrogen) atoms. The van der Waals surface area contributed by atoms with Gasteiger partial charge in [-0.3, -0.25) is 4.99 Å². The molecule has 0 bridgehead atoms. The SMILES string of the molecule is CC1(CC2=Cc3ccccc3CC2)CN=CN1. The molecule has 1 heterocycles. The van der Waals surface area contributed by atoms with Crippen LogP contribution in [0.1, 0.15) is 30.9 Å². The number of nitrogens with zero attached hydrogens (tertiary/aromatic N) is 1. The van der Waals surface area contributed by atoms with Crippen LogP contribution < -0.4 is 5.32 Å². The maximum absolute atomic E-state index is 4.28. The second-order valence-electron chi connectivity index (χ2n) is 5.35. The second-order valence-corrected chi connectivity index (χ2v) is 5.35. The van der Waals surface area contributed by atoms with Crippen molar-refractivity contribution in [1.82, 2.24) is 5.32 Å². The number of nitrogens with one attached hydrogen (secondary N) is 1. The van der Waals surface area contributed by atoms with Crippen LogP contribution in [0, 0.1) is 0 Å². The summed E-state index contributed by atoms with van der Waals surface area (Å²) in [5.74, 6) is 0. The molecule has 2 nitrogen and oxygen atoms in total. The van der Waals surface area contributed by atoms with Gasteiger partial charge in [0, 0.05) is 0 Å². The van der Waals surface area contributed by atoms with Crippen LogP contribution in [0.15, 0.2) is 34.8 Å². The lowest BCUT2D eigenvalue weighted by molar-refractivity contribution is 0.448. The summed E-state index contributed by atoms with van der Waals surface area (Å²) in [6, 6.07) is 8.71. The highest BCUT2D eigenvalue weighted by atomic mass is 15.1. The predicted octanol–water partition coefficient (Wildman–Crippen LogP) is 2.80. The average Bonchev–Trinajstić information content (AvgIpc) is 2.76. The Labute approximate surface area is 102 Å². The van der Waals surface area contributed by atoms with Gasteiger partial charge >= 0.3 is 0 Å². The van der Waals surface area contributed by atoms with Crippen LogP contribution >= 0.6 is 0 Å². The van der Waals surface area contributed by atoms with Gasteiger partial charge in [-0.2, -0.15) is 0 Å². The molecule has 2 heteroatoms. The van der Waals surface area contributed by atoms with Crippen LogP contribution in [0.25, 0.3) is 6.08 Å². The summed E-state index contributed by atoms with van der Waals surface area (Å²) < 4.78 is 0. The minimum atomic E-state index is 0.137. The third kappa shape index (κ3) is 2.12. The molecule has 1 aromatic rings. The van der Waals surface area contributed by atoms with E-state index in [2.05, 4.69) is 47.6 Å². The van der Waals surface area contributed by atoms with Crippen LogP contribution in [0.5, 0.6) is 0 Å². The molecule has 0 radical (unpaired) electrons. The van der Waals surface area contributed by atoms with Gasteiger partial charge in [0.2, 0.25) is 0 Å². The van der Waals surface area contributed by atoms with Gasteiger partial charge in [0.1, 0.15) is 0 Å². The highest BCUT2D eigenvalue weighted by Crippen LogP contribution is 2.29. The van der Waals surface area contributed by atoms with Gasteiger partial charge in [0.05, 0.1) is 18.4 Å². The van der Waals surface area contributed by atoms with E-state index in [-0.39, 0.29) is 5.54 Å². The molecule has 1 aromatic carbocycles. The highest BCUT2D eigenvalue weighted by Gasteiger charge is 2.27. The van der Waals surface area contributed by atoms with Crippen LogP contribution in [0.2, 0.25) is 0 Å². The Kier molecular flexibility index (Phi) is 2.50. The Morgan fingerprint density at radius 3 is 3.00 bits per heavy atom. The lowest BCUT2D eigenvalue weighted by Crippen LogP contribution is -2.40. The molecule has 0 fully saturated rings. The van der Waals surface area contributed by atoms with Gasteiger partial charge in [-0.15, -0.1) is 0 Å². The number of aliphatic imine (C=N–C) groups is 1. The second kappa shape index (κ2) is 4.02. The van der Waals surface area contributed by atoms with Crippen molar-refractivity contribution in [3.63, 3.8) is 0 Å². The quantitative estimate of drug-likeness (QED) is 0.824. The number of hydrogen-bond acceptors (Lipinski definition) is 2. The molecule has 0 amide bonds. The average molecular weight is 226 g/mol. The van der Waals surface area contributed by atoms with Crippen molar-refractivity contribution in [2.45, 2.75) is 31.7 Å². The fraction of sp³-hybridized carbons (Fsp3) is 0.400. The molecule has 2 aliphatic rings. The summed E-state index contributed by atoms with van der Waals surface area (Å²) in [6.07, 6.45) is 7.68. The number of aryl methyl sites for hydroxylation is 1. The third-order valence-electron chi connectivity index (χ3n) is 3.69. The summed E-state index contributed by atoms with van der Waals surface area (Å²) in [4.78, 5) is 4.28. The van der Waals surface area contributed by atoms with E-state index in [0.29, 0.717) is 0 Å². The largest absolute Gasteiger partial charge is 0.369 e. The summed E-state index contributed by atoms with van der Waals surface area (Å²) in [5.41, 5.74) is 4.57. The summed E-state index contributed by atoms with van der Waals surface area (Å²) in [7, 11) is 0. The van der Waals surface area contributed by atoms with E-state index in [4.69, 9.17) is 0 Å². The summed E-state index contributed by atoms with van der Waals surface area (Å²) >= 11 is 0. The maximum atomic E-state index is 4.28. The monoisotopic (exact) mass is 226 g/mol. The van der Waals surface area contributed by atoms with Crippen molar-refractivity contribution in [2.75, 3.05) is 6.54 Å². The molecule has 0 aromatic heterocycles. The number of fused-ring (bicyclic) bond motifs is 1. The van der Waals surface area contributed by atoms with Crippen molar-refractivity contribution in [2.24, 2.45) is 4.99 Å². The molecule has 0 saturated carbocycles. The van der Waals surface area contributed by atoms with E-state index in [1.165, 1.54) is 24.0 Å². The molecule has 88 valence electrons. The smallest absolute Gasteiger partial charge is 0.0829 e. The minimum absolute atomic E-state index is 0.137. The van der Waals surface area contributed by atoms with E-state index >= 15 is 0 Å². The Bertz CT molecular complexity index is 477. The van der Waals surface area contributed by atoms with Crippen molar-refractivity contribution in [3.8, 4) is 0 Å². The van der Waals surface area contributed by atoms with Gasteiger partial charge in [0.15, 0.2) is 0 Å². The maximum Gasteiger partial charge on any atom is 0.0829 e. The first-order valence-electron chi connectivity index (χ1n) is 6.29. The number of benzene rings is 1. The molecule has 0 spiro atoms. The first-order valence-corrected chi connectivity index (χ1v) is 6.29. The van der Waals surface area contributed by atoms with Crippen LogP contribution in [0.3, 0.4) is 0 Å². The fourth-order valence-electron chi connectivity index (χ4n) is 2.73.